The minimum Gasteiger partial charge on any atom is -0.478 e. The standard InChI is InChI=1S/C14H19N3O3/c1-9(2)14(3-4-14)8-16-13(20)17-11-5-10(12(18)19)6-15-7-11/h5-7,9H,3-4,8H2,1-2H3,(H,18,19)(H2,16,17,20). The highest BCUT2D eigenvalue weighted by Gasteiger charge is 2.45. The molecule has 0 aromatic carbocycles. The number of carbonyl (C=O) groups is 2. The molecule has 20 heavy (non-hydrogen) atoms. The molecular formula is C14H19N3O3. The summed E-state index contributed by atoms with van der Waals surface area (Å²) >= 11 is 0. The fourth-order valence-electron chi connectivity index (χ4n) is 2.18. The molecule has 0 unspecified atom stereocenters. The number of nitrogens with one attached hydrogen (secondary N) is 2. The minimum atomic E-state index is -1.07. The topological polar surface area (TPSA) is 91.3 Å². The van der Waals surface area contributed by atoms with E-state index in [2.05, 4.69) is 29.5 Å². The molecule has 0 bridgehead atoms. The van der Waals surface area contributed by atoms with Gasteiger partial charge in [0.1, 0.15) is 0 Å². The number of carboxylic acids is 1. The number of aromatic nitrogens is 1. The van der Waals surface area contributed by atoms with E-state index in [1.807, 2.05) is 0 Å². The zero-order valence-corrected chi connectivity index (χ0v) is 11.6. The Morgan fingerprint density at radius 1 is 1.40 bits per heavy atom. The minimum absolute atomic E-state index is 0.0450. The second kappa shape index (κ2) is 5.48. The number of carboxylic acid groups (broad SMARTS) is 1. The van der Waals surface area contributed by atoms with Crippen molar-refractivity contribution in [1.82, 2.24) is 10.3 Å². The maximum atomic E-state index is 11.8. The first-order chi connectivity index (χ1) is 9.43. The summed E-state index contributed by atoms with van der Waals surface area (Å²) in [4.78, 5) is 26.4. The summed E-state index contributed by atoms with van der Waals surface area (Å²) in [5.41, 5.74) is 0.652. The van der Waals surface area contributed by atoms with Gasteiger partial charge in [-0.3, -0.25) is 4.98 Å². The van der Waals surface area contributed by atoms with E-state index in [-0.39, 0.29) is 17.0 Å². The van der Waals surface area contributed by atoms with Crippen molar-refractivity contribution in [2.45, 2.75) is 26.7 Å². The fraction of sp³-hybridized carbons (Fsp3) is 0.500. The number of anilines is 1. The van der Waals surface area contributed by atoms with Crippen LogP contribution < -0.4 is 10.6 Å². The van der Waals surface area contributed by atoms with Crippen LogP contribution in [0.25, 0.3) is 0 Å². The molecule has 2 rings (SSSR count). The molecule has 1 aliphatic carbocycles. The van der Waals surface area contributed by atoms with Gasteiger partial charge in [0, 0.05) is 12.7 Å². The molecule has 0 spiro atoms. The van der Waals surface area contributed by atoms with E-state index >= 15 is 0 Å². The Kier molecular flexibility index (Phi) is 3.92. The van der Waals surface area contributed by atoms with Crippen LogP contribution in [-0.2, 0) is 0 Å². The molecule has 6 nitrogen and oxygen atoms in total. The largest absolute Gasteiger partial charge is 0.478 e. The molecule has 108 valence electrons. The zero-order valence-electron chi connectivity index (χ0n) is 11.6. The second-order valence-corrected chi connectivity index (χ2v) is 5.59. The number of amides is 2. The van der Waals surface area contributed by atoms with Crippen molar-refractivity contribution < 1.29 is 14.7 Å². The Bertz CT molecular complexity index is 524. The van der Waals surface area contributed by atoms with Gasteiger partial charge < -0.3 is 15.7 Å². The van der Waals surface area contributed by atoms with Gasteiger partial charge in [0.05, 0.1) is 17.4 Å². The van der Waals surface area contributed by atoms with Crippen LogP contribution >= 0.6 is 0 Å². The summed E-state index contributed by atoms with van der Waals surface area (Å²) in [6.07, 6.45) is 4.94. The Hall–Kier alpha value is -2.11. The number of hydrogen-bond donors (Lipinski definition) is 3. The molecule has 0 atom stereocenters. The van der Waals surface area contributed by atoms with E-state index < -0.39 is 5.97 Å². The Balaban J connectivity index is 1.89. The van der Waals surface area contributed by atoms with Crippen LogP contribution in [0.5, 0.6) is 0 Å². The number of nitrogens with zero attached hydrogens (tertiary/aromatic N) is 1. The van der Waals surface area contributed by atoms with Gasteiger partial charge in [-0.05, 0) is 30.2 Å². The van der Waals surface area contributed by atoms with Gasteiger partial charge in [-0.2, -0.15) is 0 Å². The highest BCUT2D eigenvalue weighted by Crippen LogP contribution is 2.51. The van der Waals surface area contributed by atoms with Gasteiger partial charge in [-0.25, -0.2) is 9.59 Å². The van der Waals surface area contributed by atoms with Crippen molar-refractivity contribution in [3.8, 4) is 0 Å². The van der Waals surface area contributed by atoms with Crippen LogP contribution in [0.2, 0.25) is 0 Å². The Morgan fingerprint density at radius 3 is 2.65 bits per heavy atom. The molecule has 3 N–H and O–H groups in total. The lowest BCUT2D eigenvalue weighted by Gasteiger charge is -2.20. The molecule has 1 heterocycles. The van der Waals surface area contributed by atoms with Gasteiger partial charge in [-0.15, -0.1) is 0 Å². The van der Waals surface area contributed by atoms with E-state index in [9.17, 15) is 9.59 Å². The van der Waals surface area contributed by atoms with E-state index in [4.69, 9.17) is 5.11 Å². The van der Waals surface area contributed by atoms with Gasteiger partial charge in [0.25, 0.3) is 0 Å². The molecule has 0 aliphatic heterocycles. The number of hydrogen-bond acceptors (Lipinski definition) is 3. The first-order valence-electron chi connectivity index (χ1n) is 6.66. The number of aromatic carboxylic acids is 1. The number of rotatable bonds is 5. The van der Waals surface area contributed by atoms with Gasteiger partial charge >= 0.3 is 12.0 Å². The normalized spacial score (nSPS) is 15.8. The summed E-state index contributed by atoms with van der Waals surface area (Å²) in [6.45, 7) is 4.96. The zero-order chi connectivity index (χ0) is 14.8. The summed E-state index contributed by atoms with van der Waals surface area (Å²) in [5.74, 6) is -0.530. The van der Waals surface area contributed by atoms with Crippen molar-refractivity contribution in [2.24, 2.45) is 11.3 Å². The van der Waals surface area contributed by atoms with Crippen molar-refractivity contribution >= 4 is 17.7 Å². The lowest BCUT2D eigenvalue weighted by Crippen LogP contribution is -2.35. The molecule has 2 amide bonds. The van der Waals surface area contributed by atoms with Gasteiger partial charge in [0.15, 0.2) is 0 Å². The van der Waals surface area contributed by atoms with Crippen molar-refractivity contribution in [1.29, 1.82) is 0 Å². The molecule has 1 aromatic heterocycles. The molecule has 6 heteroatoms. The number of urea groups is 1. The molecule has 0 radical (unpaired) electrons. The van der Waals surface area contributed by atoms with Crippen LogP contribution in [0.3, 0.4) is 0 Å². The van der Waals surface area contributed by atoms with Gasteiger partial charge in [-0.1, -0.05) is 13.8 Å². The van der Waals surface area contributed by atoms with Crippen LogP contribution in [0.1, 0.15) is 37.0 Å². The molecule has 1 saturated carbocycles. The first kappa shape index (κ1) is 14.3. The lowest BCUT2D eigenvalue weighted by molar-refractivity contribution is 0.0696. The number of pyridine rings is 1. The first-order valence-corrected chi connectivity index (χ1v) is 6.66. The predicted octanol–water partition coefficient (Wildman–Crippen LogP) is 2.34. The third-order valence-electron chi connectivity index (χ3n) is 3.96. The third kappa shape index (κ3) is 3.26. The Morgan fingerprint density at radius 2 is 2.10 bits per heavy atom. The average Bonchev–Trinajstić information content (AvgIpc) is 3.18. The molecule has 1 aliphatic rings. The Labute approximate surface area is 117 Å². The maximum Gasteiger partial charge on any atom is 0.337 e. The highest BCUT2D eigenvalue weighted by atomic mass is 16.4. The van der Waals surface area contributed by atoms with Crippen molar-refractivity contribution in [3.05, 3.63) is 24.0 Å². The van der Waals surface area contributed by atoms with Crippen LogP contribution in [-0.4, -0.2) is 28.6 Å². The molecule has 1 fully saturated rings. The van der Waals surface area contributed by atoms with Gasteiger partial charge in [0.2, 0.25) is 0 Å². The summed E-state index contributed by atoms with van der Waals surface area (Å²) < 4.78 is 0. The number of carbonyl (C=O) groups excluding carboxylic acids is 1. The predicted molar refractivity (Wildman–Crippen MR) is 74.7 cm³/mol. The van der Waals surface area contributed by atoms with Crippen molar-refractivity contribution in [3.63, 3.8) is 0 Å². The fourth-order valence-corrected chi connectivity index (χ4v) is 2.18. The van der Waals surface area contributed by atoms with E-state index in [1.165, 1.54) is 18.5 Å². The molecule has 1 aromatic rings. The van der Waals surface area contributed by atoms with Crippen LogP contribution in [0.4, 0.5) is 10.5 Å². The van der Waals surface area contributed by atoms with E-state index in [0.717, 1.165) is 12.8 Å². The van der Waals surface area contributed by atoms with Crippen LogP contribution in [0.15, 0.2) is 18.5 Å². The summed E-state index contributed by atoms with van der Waals surface area (Å²) in [5, 5.41) is 14.3. The highest BCUT2D eigenvalue weighted by molar-refractivity contribution is 5.92. The lowest BCUT2D eigenvalue weighted by atomic mass is 9.92. The maximum absolute atomic E-state index is 11.8. The summed E-state index contributed by atoms with van der Waals surface area (Å²) in [7, 11) is 0. The SMILES string of the molecule is CC(C)C1(CNC(=O)Nc2cncc(C(=O)O)c2)CC1. The average molecular weight is 277 g/mol. The third-order valence-corrected chi connectivity index (χ3v) is 3.96. The summed E-state index contributed by atoms with van der Waals surface area (Å²) in [6, 6.07) is 1.05. The molecular weight excluding hydrogens is 258 g/mol. The van der Waals surface area contributed by atoms with E-state index in [0.29, 0.717) is 18.2 Å². The second-order valence-electron chi connectivity index (χ2n) is 5.59. The monoisotopic (exact) mass is 277 g/mol. The van der Waals surface area contributed by atoms with Crippen LogP contribution in [0, 0.1) is 11.3 Å². The molecule has 0 saturated heterocycles. The smallest absolute Gasteiger partial charge is 0.337 e. The quantitative estimate of drug-likeness (QED) is 0.770. The van der Waals surface area contributed by atoms with E-state index in [1.54, 1.807) is 0 Å². The van der Waals surface area contributed by atoms with Crippen molar-refractivity contribution in [2.75, 3.05) is 11.9 Å².